The van der Waals surface area contributed by atoms with Crippen molar-refractivity contribution in [3.8, 4) is 0 Å². The maximum absolute atomic E-state index is 10.7. The number of aliphatic hydroxyl groups is 2. The van der Waals surface area contributed by atoms with Crippen molar-refractivity contribution in [1.29, 1.82) is 0 Å². The normalized spacial score (nSPS) is 62.9. The van der Waals surface area contributed by atoms with Gasteiger partial charge in [-0.2, -0.15) is 0 Å². The average Bonchev–Trinajstić information content (AvgIpc) is 3.09. The van der Waals surface area contributed by atoms with E-state index < -0.39 is 23.0 Å². The van der Waals surface area contributed by atoms with Gasteiger partial charge in [0.25, 0.3) is 0 Å². The van der Waals surface area contributed by atoms with Crippen LogP contribution in [0.4, 0.5) is 0 Å². The molecule has 1 spiro atoms. The molecule has 2 heterocycles. The minimum Gasteiger partial charge on any atom is -0.392 e. The Kier molecular flexibility index (Phi) is 2.11. The van der Waals surface area contributed by atoms with Gasteiger partial charge in [0.1, 0.15) is 5.60 Å². The molecule has 2 aliphatic carbocycles. The standard InChI is InChI=1S/C15H22O4/c1-8-4-9(16)13(2)11(5-8)19-12-6-10(17)14(13,3)15(12)7-18-15/h5,9-12,16-17H,4,6-7H2,1-3H3/t9-,10-,11-,12-,13+,14?,15?/m1/s1. The minimum absolute atomic E-state index is 0.0417. The fourth-order valence-corrected chi connectivity index (χ4v) is 4.99. The third-order valence-electron chi connectivity index (χ3n) is 6.62. The topological polar surface area (TPSA) is 62.2 Å². The zero-order valence-electron chi connectivity index (χ0n) is 11.7. The number of ether oxygens (including phenoxy) is 2. The second-order valence-electron chi connectivity index (χ2n) is 7.19. The lowest BCUT2D eigenvalue weighted by atomic mass is 9.51. The second-order valence-corrected chi connectivity index (χ2v) is 7.19. The van der Waals surface area contributed by atoms with E-state index in [0.29, 0.717) is 19.4 Å². The van der Waals surface area contributed by atoms with E-state index >= 15 is 0 Å². The maximum atomic E-state index is 10.7. The van der Waals surface area contributed by atoms with Crippen molar-refractivity contribution in [3.05, 3.63) is 11.6 Å². The van der Waals surface area contributed by atoms with Crippen LogP contribution in [0.1, 0.15) is 33.6 Å². The highest BCUT2D eigenvalue weighted by molar-refractivity contribution is 5.33. The van der Waals surface area contributed by atoms with Crippen LogP contribution in [-0.2, 0) is 9.47 Å². The number of rotatable bonds is 0. The van der Waals surface area contributed by atoms with E-state index in [0.717, 1.165) is 0 Å². The molecule has 106 valence electrons. The van der Waals surface area contributed by atoms with Gasteiger partial charge >= 0.3 is 0 Å². The Morgan fingerprint density at radius 3 is 2.58 bits per heavy atom. The molecule has 4 rings (SSSR count). The highest BCUT2D eigenvalue weighted by atomic mass is 16.6. The average molecular weight is 266 g/mol. The molecule has 2 unspecified atom stereocenters. The van der Waals surface area contributed by atoms with Gasteiger partial charge < -0.3 is 19.7 Å². The Morgan fingerprint density at radius 2 is 1.95 bits per heavy atom. The van der Waals surface area contributed by atoms with Crippen molar-refractivity contribution in [3.63, 3.8) is 0 Å². The summed E-state index contributed by atoms with van der Waals surface area (Å²) in [6, 6.07) is 0. The van der Waals surface area contributed by atoms with Gasteiger partial charge in [-0.15, -0.1) is 0 Å². The van der Waals surface area contributed by atoms with Crippen molar-refractivity contribution in [2.24, 2.45) is 10.8 Å². The molecule has 2 aliphatic heterocycles. The predicted molar refractivity (Wildman–Crippen MR) is 68.6 cm³/mol. The first-order valence-corrected chi connectivity index (χ1v) is 7.19. The number of hydrogen-bond acceptors (Lipinski definition) is 4. The number of epoxide rings is 1. The van der Waals surface area contributed by atoms with Crippen LogP contribution in [0.15, 0.2) is 11.6 Å². The first kappa shape index (κ1) is 12.3. The summed E-state index contributed by atoms with van der Waals surface area (Å²) in [5.74, 6) is 0. The monoisotopic (exact) mass is 266 g/mol. The van der Waals surface area contributed by atoms with Crippen LogP contribution in [0, 0.1) is 10.8 Å². The summed E-state index contributed by atoms with van der Waals surface area (Å²) in [6.45, 7) is 6.81. The molecular weight excluding hydrogens is 244 g/mol. The number of hydrogen-bond donors (Lipinski definition) is 2. The van der Waals surface area contributed by atoms with Gasteiger partial charge in [-0.3, -0.25) is 0 Å². The van der Waals surface area contributed by atoms with Crippen LogP contribution in [0.5, 0.6) is 0 Å². The van der Waals surface area contributed by atoms with Gasteiger partial charge in [0.05, 0.1) is 31.0 Å². The summed E-state index contributed by atoms with van der Waals surface area (Å²) in [5.41, 5.74) is -0.141. The first-order valence-electron chi connectivity index (χ1n) is 7.19. The van der Waals surface area contributed by atoms with Crippen LogP contribution in [0.25, 0.3) is 0 Å². The molecule has 0 radical (unpaired) electrons. The smallest absolute Gasteiger partial charge is 0.126 e. The zero-order valence-corrected chi connectivity index (χ0v) is 11.7. The highest BCUT2D eigenvalue weighted by Gasteiger charge is 2.81. The molecule has 4 nitrogen and oxygen atoms in total. The van der Waals surface area contributed by atoms with E-state index in [9.17, 15) is 10.2 Å². The lowest BCUT2D eigenvalue weighted by Crippen LogP contribution is -2.67. The molecule has 0 aromatic heterocycles. The van der Waals surface area contributed by atoms with Gasteiger partial charge in [0, 0.05) is 17.3 Å². The quantitative estimate of drug-likeness (QED) is 0.507. The molecule has 4 aliphatic rings. The largest absolute Gasteiger partial charge is 0.392 e. The van der Waals surface area contributed by atoms with Crippen molar-refractivity contribution in [2.75, 3.05) is 6.61 Å². The van der Waals surface area contributed by atoms with Gasteiger partial charge in [0.2, 0.25) is 0 Å². The minimum atomic E-state index is -0.498. The van der Waals surface area contributed by atoms with Gasteiger partial charge in [-0.05, 0) is 13.3 Å². The van der Waals surface area contributed by atoms with Crippen molar-refractivity contribution in [1.82, 2.24) is 0 Å². The molecule has 7 atom stereocenters. The summed E-state index contributed by atoms with van der Waals surface area (Å²) in [5, 5.41) is 21.3. The number of fused-ring (bicyclic) bond motifs is 2. The Balaban J connectivity index is 1.91. The third kappa shape index (κ3) is 1.09. The molecule has 4 heteroatoms. The van der Waals surface area contributed by atoms with E-state index in [-0.39, 0.29) is 17.8 Å². The van der Waals surface area contributed by atoms with Crippen molar-refractivity contribution >= 4 is 0 Å². The lowest BCUT2D eigenvalue weighted by Gasteiger charge is -2.59. The van der Waals surface area contributed by atoms with Crippen LogP contribution in [0.2, 0.25) is 0 Å². The Bertz CT molecular complexity index is 469. The maximum Gasteiger partial charge on any atom is 0.126 e. The fourth-order valence-electron chi connectivity index (χ4n) is 4.99. The molecule has 2 bridgehead atoms. The summed E-state index contributed by atoms with van der Waals surface area (Å²) in [6.07, 6.45) is 2.25. The summed E-state index contributed by atoms with van der Waals surface area (Å²) in [4.78, 5) is 0. The van der Waals surface area contributed by atoms with Crippen molar-refractivity contribution in [2.45, 2.75) is 63.6 Å². The molecule has 2 saturated heterocycles. The molecule has 2 N–H and O–H groups in total. The van der Waals surface area contributed by atoms with E-state index in [2.05, 4.69) is 19.9 Å². The van der Waals surface area contributed by atoms with Crippen LogP contribution in [0.3, 0.4) is 0 Å². The molecule has 0 aromatic carbocycles. The summed E-state index contributed by atoms with van der Waals surface area (Å²) in [7, 11) is 0. The van der Waals surface area contributed by atoms with E-state index in [1.54, 1.807) is 0 Å². The first-order chi connectivity index (χ1) is 8.86. The molecule has 3 fully saturated rings. The van der Waals surface area contributed by atoms with E-state index in [4.69, 9.17) is 9.47 Å². The Labute approximate surface area is 113 Å². The summed E-state index contributed by atoms with van der Waals surface area (Å²) < 4.78 is 12.0. The molecular formula is C15H22O4. The molecule has 0 amide bonds. The van der Waals surface area contributed by atoms with Gasteiger partial charge in [-0.1, -0.05) is 25.5 Å². The van der Waals surface area contributed by atoms with Crippen molar-refractivity contribution < 1.29 is 19.7 Å². The van der Waals surface area contributed by atoms with Gasteiger partial charge in [-0.25, -0.2) is 0 Å². The fraction of sp³-hybridized carbons (Fsp3) is 0.867. The third-order valence-corrected chi connectivity index (χ3v) is 6.62. The van der Waals surface area contributed by atoms with E-state index in [1.807, 2.05) is 6.92 Å². The van der Waals surface area contributed by atoms with Crippen LogP contribution >= 0.6 is 0 Å². The number of aliphatic hydroxyl groups excluding tert-OH is 2. The van der Waals surface area contributed by atoms with Crippen LogP contribution < -0.4 is 0 Å². The Morgan fingerprint density at radius 1 is 1.26 bits per heavy atom. The van der Waals surface area contributed by atoms with Crippen LogP contribution in [-0.4, -0.2) is 46.8 Å². The molecule has 19 heavy (non-hydrogen) atoms. The zero-order chi connectivity index (χ0) is 13.6. The SMILES string of the molecule is CC1=C[C@H]2O[C@@H]3C[C@@H](O)C(C)(C34CO4)[C@@]2(C)[C@H](O)C1. The Hall–Kier alpha value is -0.420. The highest BCUT2D eigenvalue weighted by Crippen LogP contribution is 2.71. The molecule has 0 aromatic rings. The molecule has 1 saturated carbocycles. The lowest BCUT2D eigenvalue weighted by molar-refractivity contribution is -0.237. The summed E-state index contributed by atoms with van der Waals surface area (Å²) >= 11 is 0. The van der Waals surface area contributed by atoms with E-state index in [1.165, 1.54) is 5.57 Å². The van der Waals surface area contributed by atoms with Gasteiger partial charge in [0.15, 0.2) is 0 Å². The predicted octanol–water partition coefficient (Wildman–Crippen LogP) is 1.01. The second kappa shape index (κ2) is 3.25.